The molecule has 4 heterocycles. The molecular weight excluding hydrogens is 1010 g/mol. The van der Waals surface area contributed by atoms with E-state index < -0.39 is 147 Å². The molecule has 4 saturated heterocycles. The van der Waals surface area contributed by atoms with Gasteiger partial charge in [-0.05, 0) is 110 Å². The molecule has 8 rings (SSSR count). The molecule has 0 radical (unpaired) electrons. The summed E-state index contributed by atoms with van der Waals surface area (Å²) in [4.78, 5) is 38.0. The third kappa shape index (κ3) is 11.9. The molecule has 11 N–H and O–H groups in total. The van der Waals surface area contributed by atoms with Crippen LogP contribution in [0.3, 0.4) is 0 Å². The van der Waals surface area contributed by atoms with Crippen LogP contribution in [0.15, 0.2) is 34.9 Å². The third-order valence-corrected chi connectivity index (χ3v) is 18.6. The number of carbonyl (C=O) groups excluding carboxylic acids is 3. The molecule has 8 aliphatic rings. The average Bonchev–Trinajstić information content (AvgIpc) is 3.86. The number of nitrogens with one attached hydrogen (secondary N) is 2. The van der Waals surface area contributed by atoms with Gasteiger partial charge in [0.25, 0.3) is 0 Å². The van der Waals surface area contributed by atoms with Gasteiger partial charge in [-0.25, -0.2) is 0 Å². The molecule has 4 aliphatic carbocycles. The van der Waals surface area contributed by atoms with Crippen LogP contribution in [-0.4, -0.2) is 207 Å². The van der Waals surface area contributed by atoms with E-state index in [1.54, 1.807) is 6.08 Å². The Morgan fingerprint density at radius 1 is 0.727 bits per heavy atom. The molecule has 0 aromatic heterocycles. The largest absolute Gasteiger partial charge is 0.394 e. The van der Waals surface area contributed by atoms with Crippen molar-refractivity contribution in [1.82, 2.24) is 10.6 Å². The zero-order chi connectivity index (χ0) is 56.2. The van der Waals surface area contributed by atoms with Crippen LogP contribution < -0.4 is 10.6 Å². The summed E-state index contributed by atoms with van der Waals surface area (Å²) in [6, 6.07) is -2.87. The van der Waals surface area contributed by atoms with Crippen LogP contribution in [0.5, 0.6) is 0 Å². The van der Waals surface area contributed by atoms with Crippen LogP contribution in [0, 0.1) is 39.9 Å². The normalized spacial score (nSPS) is 46.0. The second-order valence-electron chi connectivity index (χ2n) is 24.5. The SMILES string of the molecule is CC(=O)NC1C(OC2COC(OC3CCC4(C)C5=CCC6(C)C(CCC6C(C)CC(=O)C=C(C)C)C5=CCC4C3(C)C)C(OC3OC(COC4OCC(O)C(O)C4O)C(O)C(O)C3NC(C)=O)C2O)OC(CO)C(O)C1O. The van der Waals surface area contributed by atoms with E-state index in [0.29, 0.717) is 24.7 Å². The first-order valence-corrected chi connectivity index (χ1v) is 27.5. The number of fused-ring (bicyclic) bond motifs is 5. The predicted molar refractivity (Wildman–Crippen MR) is 270 cm³/mol. The lowest BCUT2D eigenvalue weighted by atomic mass is 9.46. The number of amides is 2. The Hall–Kier alpha value is -2.85. The Kier molecular flexibility index (Phi) is 18.7. The zero-order valence-electron chi connectivity index (χ0n) is 45.8. The lowest BCUT2D eigenvalue weighted by Gasteiger charge is -2.60. The standard InChI is InChI=1S/C55H86N2O20/c1-24(2)18-28(61)19-25(3)30-11-12-31-29-10-13-37-53(6,7)38(15-17-55(37,9)32(29)14-16-54(30,31)8)76-52-48(44(66)36(23-72-52)75-49-39(56-26(4)59)45(67)42(64)34(20-58)73-49)77-50-40(57-27(5)60)46(68)43(65)35(74-50)22-71-51-47(69)41(63)33(62)21-70-51/h10,14,18,25,30-31,33-52,58,62-69H,11-13,15-17,19-23H2,1-9H3,(H,56,59)(H,57,60). The first-order chi connectivity index (χ1) is 36.2. The lowest BCUT2D eigenvalue weighted by molar-refractivity contribution is -0.371. The molecule has 22 heteroatoms. The van der Waals surface area contributed by atoms with E-state index in [1.165, 1.54) is 25.0 Å². The highest BCUT2D eigenvalue weighted by Gasteiger charge is 2.61. The number of ether oxygens (including phenoxy) is 8. The number of aliphatic hydroxyl groups excluding tert-OH is 9. The smallest absolute Gasteiger partial charge is 0.217 e. The van der Waals surface area contributed by atoms with Gasteiger partial charge in [-0.3, -0.25) is 14.4 Å². The summed E-state index contributed by atoms with van der Waals surface area (Å²) >= 11 is 0. The second-order valence-corrected chi connectivity index (χ2v) is 24.5. The summed E-state index contributed by atoms with van der Waals surface area (Å²) in [7, 11) is 0. The van der Waals surface area contributed by atoms with Crippen LogP contribution in [-0.2, 0) is 52.3 Å². The van der Waals surface area contributed by atoms with Gasteiger partial charge in [0.2, 0.25) is 11.8 Å². The fraction of sp³-hybridized carbons (Fsp3) is 0.836. The third-order valence-electron chi connectivity index (χ3n) is 18.6. The second kappa shape index (κ2) is 23.9. The van der Waals surface area contributed by atoms with Crippen molar-refractivity contribution in [3.05, 3.63) is 34.9 Å². The summed E-state index contributed by atoms with van der Waals surface area (Å²) in [5.74, 6) is 0.0303. The van der Waals surface area contributed by atoms with Gasteiger partial charge in [0.05, 0.1) is 32.5 Å². The number of aliphatic hydroxyl groups is 9. The Bertz CT molecular complexity index is 2210. The van der Waals surface area contributed by atoms with E-state index in [0.717, 1.165) is 37.7 Å². The van der Waals surface area contributed by atoms with Crippen molar-refractivity contribution in [3.63, 3.8) is 0 Å². The Labute approximate surface area is 450 Å². The molecule has 0 aromatic rings. The van der Waals surface area contributed by atoms with Crippen molar-refractivity contribution in [1.29, 1.82) is 0 Å². The first-order valence-electron chi connectivity index (χ1n) is 27.5. The van der Waals surface area contributed by atoms with Gasteiger partial charge in [0.1, 0.15) is 85.3 Å². The van der Waals surface area contributed by atoms with Gasteiger partial charge in [0, 0.05) is 20.3 Å². The molecule has 4 aliphatic heterocycles. The van der Waals surface area contributed by atoms with Crippen LogP contribution in [0.1, 0.15) is 107 Å². The quantitative estimate of drug-likeness (QED) is 0.0900. The van der Waals surface area contributed by atoms with Crippen molar-refractivity contribution in [3.8, 4) is 0 Å². The van der Waals surface area contributed by atoms with E-state index in [-0.39, 0.29) is 41.7 Å². The monoisotopic (exact) mass is 1090 g/mol. The fourth-order valence-corrected chi connectivity index (χ4v) is 14.6. The molecule has 436 valence electrons. The topological polar surface area (TPSA) is 331 Å². The number of allylic oxidation sites excluding steroid dienone is 6. The summed E-state index contributed by atoms with van der Waals surface area (Å²) < 4.78 is 49.4. The molecule has 0 spiro atoms. The minimum Gasteiger partial charge on any atom is -0.394 e. The number of ketones is 1. The van der Waals surface area contributed by atoms with E-state index in [2.05, 4.69) is 57.4 Å². The number of rotatable bonds is 16. The maximum absolute atomic E-state index is 12.9. The van der Waals surface area contributed by atoms with Crippen LogP contribution in [0.4, 0.5) is 0 Å². The van der Waals surface area contributed by atoms with Gasteiger partial charge >= 0.3 is 0 Å². The zero-order valence-corrected chi connectivity index (χ0v) is 45.8. The lowest BCUT2D eigenvalue weighted by Crippen LogP contribution is -2.68. The Balaban J connectivity index is 1.05. The molecule has 0 bridgehead atoms. The molecule has 2 amide bonds. The molecule has 6 fully saturated rings. The van der Waals surface area contributed by atoms with Gasteiger partial charge < -0.3 is 94.5 Å². The summed E-state index contributed by atoms with van der Waals surface area (Å²) in [6.45, 7) is 15.5. The summed E-state index contributed by atoms with van der Waals surface area (Å²) in [5.41, 5.74) is 3.07. The van der Waals surface area contributed by atoms with Crippen molar-refractivity contribution < 1.29 is 98.2 Å². The molecule has 25 unspecified atom stereocenters. The first kappa shape index (κ1) is 60.3. The molecular formula is C55H86N2O20. The minimum absolute atomic E-state index is 0.0207. The van der Waals surface area contributed by atoms with Crippen molar-refractivity contribution >= 4 is 17.6 Å². The minimum atomic E-state index is -1.79. The van der Waals surface area contributed by atoms with E-state index in [1.807, 2.05) is 13.8 Å². The van der Waals surface area contributed by atoms with Crippen molar-refractivity contribution in [2.75, 3.05) is 26.4 Å². The summed E-state index contributed by atoms with van der Waals surface area (Å²) in [6.07, 6.45) is -13.4. The predicted octanol–water partition coefficient (Wildman–Crippen LogP) is -0.0934. The molecule has 0 aromatic carbocycles. The molecule has 22 nitrogen and oxygen atoms in total. The van der Waals surface area contributed by atoms with Gasteiger partial charge in [-0.15, -0.1) is 0 Å². The maximum atomic E-state index is 12.9. The Morgan fingerprint density at radius 2 is 1.35 bits per heavy atom. The van der Waals surface area contributed by atoms with Gasteiger partial charge in [-0.2, -0.15) is 0 Å². The average molecular weight is 1100 g/mol. The van der Waals surface area contributed by atoms with E-state index >= 15 is 0 Å². The highest BCUT2D eigenvalue weighted by Crippen LogP contribution is 2.67. The van der Waals surface area contributed by atoms with Gasteiger partial charge in [-0.1, -0.05) is 52.3 Å². The van der Waals surface area contributed by atoms with Crippen LogP contribution >= 0.6 is 0 Å². The molecule has 2 saturated carbocycles. The highest BCUT2D eigenvalue weighted by molar-refractivity contribution is 5.90. The maximum Gasteiger partial charge on any atom is 0.217 e. The molecule has 25 atom stereocenters. The Morgan fingerprint density at radius 3 is 1.99 bits per heavy atom. The van der Waals surface area contributed by atoms with Crippen molar-refractivity contribution in [2.24, 2.45) is 39.9 Å². The van der Waals surface area contributed by atoms with Gasteiger partial charge in [0.15, 0.2) is 30.9 Å². The van der Waals surface area contributed by atoms with Crippen LogP contribution in [0.25, 0.3) is 0 Å². The molecule has 77 heavy (non-hydrogen) atoms. The van der Waals surface area contributed by atoms with Crippen LogP contribution in [0.2, 0.25) is 0 Å². The number of hydrogen-bond acceptors (Lipinski definition) is 20. The van der Waals surface area contributed by atoms with Crippen molar-refractivity contribution in [2.45, 2.75) is 224 Å². The number of hydrogen-bond donors (Lipinski definition) is 11. The van der Waals surface area contributed by atoms with E-state index in [9.17, 15) is 60.3 Å². The number of carbonyl (C=O) groups is 3. The van der Waals surface area contributed by atoms with E-state index in [4.69, 9.17) is 37.9 Å². The highest BCUT2D eigenvalue weighted by atomic mass is 16.8. The summed E-state index contributed by atoms with van der Waals surface area (Å²) in [5, 5.41) is 103. The fourth-order valence-electron chi connectivity index (χ4n) is 14.6.